The maximum atomic E-state index is 8.06. The second-order valence-corrected chi connectivity index (χ2v) is 4.18. The molecule has 0 aliphatic carbocycles. The van der Waals surface area contributed by atoms with Crippen molar-refractivity contribution in [2.24, 2.45) is 0 Å². The van der Waals surface area contributed by atoms with Gasteiger partial charge in [-0.25, -0.2) is 0 Å². The lowest BCUT2D eigenvalue weighted by molar-refractivity contribution is 0.216. The standard InChI is InChI=1S/C13H12O.C3H8O/c1-3-7-12(8-4-1)11-14-13-9-5-2-6-10-13;1-3(2)4/h1-10H,11H2;3-4H,1-2H3. The van der Waals surface area contributed by atoms with Crippen molar-refractivity contribution in [2.45, 2.75) is 26.6 Å². The van der Waals surface area contributed by atoms with Crippen molar-refractivity contribution in [1.29, 1.82) is 0 Å². The van der Waals surface area contributed by atoms with Crippen LogP contribution in [0.25, 0.3) is 0 Å². The van der Waals surface area contributed by atoms with Crippen LogP contribution < -0.4 is 4.74 Å². The Morgan fingerprint density at radius 2 is 1.33 bits per heavy atom. The molecule has 2 aromatic rings. The second kappa shape index (κ2) is 8.31. The van der Waals surface area contributed by atoms with E-state index in [1.807, 2.05) is 48.5 Å². The van der Waals surface area contributed by atoms with Gasteiger partial charge in [-0.1, -0.05) is 48.5 Å². The van der Waals surface area contributed by atoms with Gasteiger partial charge in [0.05, 0.1) is 0 Å². The summed E-state index contributed by atoms with van der Waals surface area (Å²) in [6.07, 6.45) is -0.167. The number of aliphatic hydroxyl groups excluding tert-OH is 1. The van der Waals surface area contributed by atoms with Crippen LogP contribution in [0.4, 0.5) is 0 Å². The molecule has 96 valence electrons. The molecule has 0 spiro atoms. The van der Waals surface area contributed by atoms with Crippen LogP contribution in [0.2, 0.25) is 0 Å². The van der Waals surface area contributed by atoms with E-state index in [1.165, 1.54) is 5.56 Å². The third-order valence-electron chi connectivity index (χ3n) is 1.99. The number of rotatable bonds is 3. The van der Waals surface area contributed by atoms with Gasteiger partial charge in [-0.05, 0) is 31.5 Å². The molecule has 0 atom stereocenters. The summed E-state index contributed by atoms with van der Waals surface area (Å²) >= 11 is 0. The van der Waals surface area contributed by atoms with Gasteiger partial charge in [-0.2, -0.15) is 0 Å². The molecule has 0 saturated heterocycles. The minimum Gasteiger partial charge on any atom is -0.489 e. The minimum atomic E-state index is -0.167. The third-order valence-corrected chi connectivity index (χ3v) is 1.99. The van der Waals surface area contributed by atoms with E-state index in [-0.39, 0.29) is 6.10 Å². The number of ether oxygens (including phenoxy) is 1. The van der Waals surface area contributed by atoms with Gasteiger partial charge in [0.1, 0.15) is 12.4 Å². The van der Waals surface area contributed by atoms with Gasteiger partial charge in [0.25, 0.3) is 0 Å². The van der Waals surface area contributed by atoms with Gasteiger partial charge in [0.2, 0.25) is 0 Å². The Hall–Kier alpha value is -1.80. The van der Waals surface area contributed by atoms with E-state index in [0.29, 0.717) is 6.61 Å². The fourth-order valence-electron chi connectivity index (χ4n) is 1.26. The van der Waals surface area contributed by atoms with Gasteiger partial charge in [0, 0.05) is 6.10 Å². The maximum absolute atomic E-state index is 8.06. The molecule has 0 aliphatic rings. The first-order valence-electron chi connectivity index (χ1n) is 6.08. The summed E-state index contributed by atoms with van der Waals surface area (Å²) in [5.41, 5.74) is 1.19. The summed E-state index contributed by atoms with van der Waals surface area (Å²) in [6, 6.07) is 20.0. The number of para-hydroxylation sites is 1. The van der Waals surface area contributed by atoms with Crippen LogP contribution in [-0.4, -0.2) is 11.2 Å². The fraction of sp³-hybridized carbons (Fsp3) is 0.250. The van der Waals surface area contributed by atoms with Crippen molar-refractivity contribution in [1.82, 2.24) is 0 Å². The Bertz CT molecular complexity index is 367. The van der Waals surface area contributed by atoms with Crippen LogP contribution in [0.3, 0.4) is 0 Å². The van der Waals surface area contributed by atoms with E-state index in [9.17, 15) is 0 Å². The number of hydrogen-bond acceptors (Lipinski definition) is 2. The zero-order valence-corrected chi connectivity index (χ0v) is 10.9. The van der Waals surface area contributed by atoms with Crippen molar-refractivity contribution in [3.05, 3.63) is 66.2 Å². The largest absolute Gasteiger partial charge is 0.489 e. The van der Waals surface area contributed by atoms with Crippen molar-refractivity contribution < 1.29 is 9.84 Å². The predicted octanol–water partition coefficient (Wildman–Crippen LogP) is 3.65. The first-order valence-corrected chi connectivity index (χ1v) is 6.08. The van der Waals surface area contributed by atoms with Gasteiger partial charge in [0.15, 0.2) is 0 Å². The summed E-state index contributed by atoms with van der Waals surface area (Å²) in [5, 5.41) is 8.06. The average molecular weight is 244 g/mol. The van der Waals surface area contributed by atoms with Gasteiger partial charge < -0.3 is 9.84 Å². The number of aliphatic hydroxyl groups is 1. The van der Waals surface area contributed by atoms with Crippen LogP contribution in [0.5, 0.6) is 5.75 Å². The Balaban J connectivity index is 0.000000357. The number of hydrogen-bond donors (Lipinski definition) is 1. The summed E-state index contributed by atoms with van der Waals surface area (Å²) in [7, 11) is 0. The van der Waals surface area contributed by atoms with E-state index in [4.69, 9.17) is 9.84 Å². The molecule has 0 unspecified atom stereocenters. The molecule has 0 amide bonds. The Kier molecular flexibility index (Phi) is 6.59. The second-order valence-electron chi connectivity index (χ2n) is 4.18. The lowest BCUT2D eigenvalue weighted by Crippen LogP contribution is -1.94. The fourth-order valence-corrected chi connectivity index (χ4v) is 1.26. The summed E-state index contributed by atoms with van der Waals surface area (Å²) in [6.45, 7) is 4.07. The topological polar surface area (TPSA) is 29.5 Å². The zero-order valence-electron chi connectivity index (χ0n) is 10.9. The molecule has 1 N–H and O–H groups in total. The molecule has 2 heteroatoms. The molecule has 0 heterocycles. The normalized spacial score (nSPS) is 9.56. The highest BCUT2D eigenvalue weighted by molar-refractivity contribution is 5.22. The SMILES string of the molecule is CC(C)O.c1ccc(COc2ccccc2)cc1. The molecule has 2 nitrogen and oxygen atoms in total. The monoisotopic (exact) mass is 244 g/mol. The number of benzene rings is 2. The summed E-state index contributed by atoms with van der Waals surface area (Å²) in [5.74, 6) is 0.913. The lowest BCUT2D eigenvalue weighted by atomic mass is 10.2. The molecular formula is C16H20O2. The van der Waals surface area contributed by atoms with Gasteiger partial charge >= 0.3 is 0 Å². The molecule has 0 aliphatic heterocycles. The van der Waals surface area contributed by atoms with E-state index >= 15 is 0 Å². The van der Waals surface area contributed by atoms with Crippen molar-refractivity contribution in [3.8, 4) is 5.75 Å². The van der Waals surface area contributed by atoms with Crippen molar-refractivity contribution in [2.75, 3.05) is 0 Å². The molecule has 0 radical (unpaired) electrons. The molecular weight excluding hydrogens is 224 g/mol. The van der Waals surface area contributed by atoms with Gasteiger partial charge in [-0.3, -0.25) is 0 Å². The smallest absolute Gasteiger partial charge is 0.119 e. The maximum Gasteiger partial charge on any atom is 0.119 e. The Morgan fingerprint density at radius 1 is 0.889 bits per heavy atom. The van der Waals surface area contributed by atoms with Crippen LogP contribution >= 0.6 is 0 Å². The average Bonchev–Trinajstić information content (AvgIpc) is 2.38. The van der Waals surface area contributed by atoms with Crippen LogP contribution in [0, 0.1) is 0 Å². The highest BCUT2D eigenvalue weighted by Gasteiger charge is 1.92. The highest BCUT2D eigenvalue weighted by atomic mass is 16.5. The molecule has 0 saturated carbocycles. The summed E-state index contributed by atoms with van der Waals surface area (Å²) < 4.78 is 5.59. The highest BCUT2D eigenvalue weighted by Crippen LogP contribution is 2.10. The first kappa shape index (κ1) is 14.3. The van der Waals surface area contributed by atoms with Gasteiger partial charge in [-0.15, -0.1) is 0 Å². The Morgan fingerprint density at radius 3 is 1.83 bits per heavy atom. The molecule has 2 aromatic carbocycles. The van der Waals surface area contributed by atoms with Crippen LogP contribution in [-0.2, 0) is 6.61 Å². The Labute approximate surface area is 109 Å². The third kappa shape index (κ3) is 6.71. The van der Waals surface area contributed by atoms with E-state index in [2.05, 4.69) is 12.1 Å². The molecule has 0 aromatic heterocycles. The predicted molar refractivity (Wildman–Crippen MR) is 74.6 cm³/mol. The van der Waals surface area contributed by atoms with Crippen molar-refractivity contribution in [3.63, 3.8) is 0 Å². The zero-order chi connectivity index (χ0) is 13.2. The van der Waals surface area contributed by atoms with Crippen molar-refractivity contribution >= 4 is 0 Å². The quantitative estimate of drug-likeness (QED) is 0.893. The van der Waals surface area contributed by atoms with E-state index in [1.54, 1.807) is 13.8 Å². The van der Waals surface area contributed by atoms with Crippen LogP contribution in [0.15, 0.2) is 60.7 Å². The molecule has 0 fully saturated rings. The molecule has 2 rings (SSSR count). The molecule has 0 bridgehead atoms. The first-order chi connectivity index (χ1) is 8.68. The molecule has 18 heavy (non-hydrogen) atoms. The summed E-state index contributed by atoms with van der Waals surface area (Å²) in [4.78, 5) is 0. The van der Waals surface area contributed by atoms with Crippen LogP contribution in [0.1, 0.15) is 19.4 Å². The van der Waals surface area contributed by atoms with E-state index < -0.39 is 0 Å². The minimum absolute atomic E-state index is 0.167. The lowest BCUT2D eigenvalue weighted by Gasteiger charge is -2.05. The van der Waals surface area contributed by atoms with E-state index in [0.717, 1.165) is 5.75 Å².